The van der Waals surface area contributed by atoms with Gasteiger partial charge in [-0.2, -0.15) is 5.26 Å². The molecule has 1 aromatic carbocycles. The van der Waals surface area contributed by atoms with Gasteiger partial charge in [0, 0.05) is 24.9 Å². The molecule has 0 aliphatic heterocycles. The van der Waals surface area contributed by atoms with Crippen LogP contribution in [-0.2, 0) is 28.2 Å². The zero-order chi connectivity index (χ0) is 20.9. The van der Waals surface area contributed by atoms with Gasteiger partial charge in [0.15, 0.2) is 0 Å². The van der Waals surface area contributed by atoms with Crippen molar-refractivity contribution >= 4 is 22.7 Å². The number of rotatable bonds is 7. The molecule has 0 atom stereocenters. The van der Waals surface area contributed by atoms with Crippen molar-refractivity contribution in [3.05, 3.63) is 57.8 Å². The number of hydrogen-bond donors (Lipinski definition) is 1. The minimum Gasteiger partial charge on any atom is -0.497 e. The summed E-state index contributed by atoms with van der Waals surface area (Å²) in [5.41, 5.74) is 3.20. The van der Waals surface area contributed by atoms with Gasteiger partial charge in [0.2, 0.25) is 10.0 Å². The molecule has 7 heteroatoms. The fourth-order valence-corrected chi connectivity index (χ4v) is 3.48. The van der Waals surface area contributed by atoms with Gasteiger partial charge in [0.05, 0.1) is 30.0 Å². The number of allylic oxidation sites excluding steroid dienone is 2. The predicted octanol–water partition coefficient (Wildman–Crippen LogP) is 1.40. The van der Waals surface area contributed by atoms with Crippen molar-refractivity contribution in [2.75, 3.05) is 19.9 Å². The number of nitrogens with one attached hydrogen (secondary N) is 1. The normalized spacial score (nSPS) is 12.8. The van der Waals surface area contributed by atoms with Gasteiger partial charge in [-0.25, -0.2) is 13.1 Å². The first-order valence-electron chi connectivity index (χ1n) is 8.75. The molecule has 1 aromatic heterocycles. The largest absolute Gasteiger partial charge is 0.497 e. The van der Waals surface area contributed by atoms with Crippen LogP contribution in [0.5, 0.6) is 0 Å². The summed E-state index contributed by atoms with van der Waals surface area (Å²) in [6, 6.07) is 10.00. The van der Waals surface area contributed by atoms with Crippen molar-refractivity contribution in [1.29, 1.82) is 5.26 Å². The number of aromatic nitrogens is 1. The second-order valence-corrected chi connectivity index (χ2v) is 8.24. The summed E-state index contributed by atoms with van der Waals surface area (Å²) in [5.74, 6) is 0.690. The van der Waals surface area contributed by atoms with Crippen LogP contribution in [0, 0.1) is 11.3 Å². The lowest BCUT2D eigenvalue weighted by Gasteiger charge is -2.08. The molecule has 0 fully saturated rings. The van der Waals surface area contributed by atoms with Crippen LogP contribution < -0.4 is 15.3 Å². The molecule has 0 bridgehead atoms. The van der Waals surface area contributed by atoms with E-state index in [0.29, 0.717) is 29.5 Å². The lowest BCUT2D eigenvalue weighted by molar-refractivity contribution is 0.312. The lowest BCUT2D eigenvalue weighted by Crippen LogP contribution is -2.27. The molecule has 1 heterocycles. The fourth-order valence-electron chi connectivity index (χ4n) is 3.01. The molecule has 0 unspecified atom stereocenters. The first kappa shape index (κ1) is 21.5. The monoisotopic (exact) mass is 399 g/mol. The Morgan fingerprint density at radius 2 is 2.00 bits per heavy atom. The van der Waals surface area contributed by atoms with Gasteiger partial charge < -0.3 is 9.30 Å². The molecular weight excluding hydrogens is 374 g/mol. The van der Waals surface area contributed by atoms with E-state index < -0.39 is 10.0 Å². The van der Waals surface area contributed by atoms with E-state index in [1.165, 1.54) is 0 Å². The Labute approximate surface area is 166 Å². The Kier molecular flexibility index (Phi) is 6.84. The van der Waals surface area contributed by atoms with Crippen molar-refractivity contribution < 1.29 is 13.2 Å². The van der Waals surface area contributed by atoms with Crippen LogP contribution in [0.1, 0.15) is 18.1 Å². The third kappa shape index (κ3) is 4.91. The van der Waals surface area contributed by atoms with Crippen LogP contribution in [0.25, 0.3) is 23.9 Å². The van der Waals surface area contributed by atoms with Crippen LogP contribution in [0.15, 0.2) is 36.1 Å². The average molecular weight is 400 g/mol. The Morgan fingerprint density at radius 3 is 2.50 bits per heavy atom. The van der Waals surface area contributed by atoms with E-state index in [0.717, 1.165) is 28.4 Å². The SMILES string of the molecule is C=c1c(C#N)c(-c2ccc(CCNS(C)(=O)=O)cc2)n(C)/c1=C/C(=C\C)OC. The highest BCUT2D eigenvalue weighted by atomic mass is 32.2. The third-order valence-electron chi connectivity index (χ3n) is 4.46. The summed E-state index contributed by atoms with van der Waals surface area (Å²) in [7, 11) is 0.299. The summed E-state index contributed by atoms with van der Waals surface area (Å²) in [6.07, 6.45) is 5.43. The van der Waals surface area contributed by atoms with E-state index >= 15 is 0 Å². The second kappa shape index (κ2) is 8.91. The van der Waals surface area contributed by atoms with Crippen molar-refractivity contribution in [2.45, 2.75) is 13.3 Å². The molecule has 2 rings (SSSR count). The summed E-state index contributed by atoms with van der Waals surface area (Å²) >= 11 is 0. The van der Waals surface area contributed by atoms with E-state index in [9.17, 15) is 13.7 Å². The quantitative estimate of drug-likeness (QED) is 0.714. The summed E-state index contributed by atoms with van der Waals surface area (Å²) < 4.78 is 32.0. The number of ether oxygens (including phenoxy) is 1. The van der Waals surface area contributed by atoms with Crippen molar-refractivity contribution in [3.8, 4) is 17.3 Å². The van der Waals surface area contributed by atoms with E-state index in [1.807, 2.05) is 55.0 Å². The molecule has 0 saturated carbocycles. The molecule has 1 N–H and O–H groups in total. The third-order valence-corrected chi connectivity index (χ3v) is 5.19. The number of nitriles is 1. The van der Waals surface area contributed by atoms with Crippen molar-refractivity contribution in [1.82, 2.24) is 9.29 Å². The van der Waals surface area contributed by atoms with E-state index in [1.54, 1.807) is 7.11 Å². The van der Waals surface area contributed by atoms with Crippen molar-refractivity contribution in [3.63, 3.8) is 0 Å². The standard InChI is InChI=1S/C21H25N3O3S/c1-6-18(27-4)13-20-15(2)19(14-22)21(24(20)3)17-9-7-16(8-10-17)11-12-23-28(5,25)26/h6-10,13,23H,2,11-12H2,1,3-5H3/b18-6+,20-13+. The number of nitrogens with zero attached hydrogens (tertiary/aromatic N) is 2. The van der Waals surface area contributed by atoms with Gasteiger partial charge in [-0.1, -0.05) is 30.8 Å². The topological polar surface area (TPSA) is 84.1 Å². The Balaban J connectivity index is 2.43. The van der Waals surface area contributed by atoms with Crippen molar-refractivity contribution in [2.24, 2.45) is 7.05 Å². The van der Waals surface area contributed by atoms with Crippen LogP contribution in [0.2, 0.25) is 0 Å². The Hall–Kier alpha value is -2.82. The molecule has 2 aromatic rings. The molecule has 148 valence electrons. The summed E-state index contributed by atoms with van der Waals surface area (Å²) in [6.45, 7) is 6.30. The van der Waals surface area contributed by atoms with Crippen LogP contribution in [0.3, 0.4) is 0 Å². The minimum absolute atomic E-state index is 0.344. The molecule has 0 saturated heterocycles. The number of sulfonamides is 1. The predicted molar refractivity (Wildman–Crippen MR) is 112 cm³/mol. The minimum atomic E-state index is -3.19. The number of methoxy groups -OCH3 is 1. The van der Waals surface area contributed by atoms with Crippen LogP contribution in [0.4, 0.5) is 0 Å². The maximum atomic E-state index is 11.2. The van der Waals surface area contributed by atoms with E-state index in [2.05, 4.69) is 17.4 Å². The Bertz CT molecular complexity index is 1140. The summed E-state index contributed by atoms with van der Waals surface area (Å²) in [4.78, 5) is 0. The number of hydrogen-bond acceptors (Lipinski definition) is 4. The maximum absolute atomic E-state index is 11.2. The van der Waals surface area contributed by atoms with Gasteiger partial charge in [-0.15, -0.1) is 0 Å². The highest BCUT2D eigenvalue weighted by Gasteiger charge is 2.14. The van der Waals surface area contributed by atoms with E-state index in [-0.39, 0.29) is 0 Å². The van der Waals surface area contributed by atoms with Gasteiger partial charge >= 0.3 is 0 Å². The second-order valence-electron chi connectivity index (χ2n) is 6.41. The van der Waals surface area contributed by atoms with Gasteiger partial charge in [0.25, 0.3) is 0 Å². The van der Waals surface area contributed by atoms with E-state index in [4.69, 9.17) is 4.74 Å². The zero-order valence-electron chi connectivity index (χ0n) is 16.6. The molecule has 0 radical (unpaired) electrons. The van der Waals surface area contributed by atoms with Crippen LogP contribution >= 0.6 is 0 Å². The lowest BCUT2D eigenvalue weighted by atomic mass is 10.0. The molecule has 0 aliphatic rings. The fraction of sp³-hybridized carbons (Fsp3) is 0.286. The molecular formula is C21H25N3O3S. The zero-order valence-corrected chi connectivity index (χ0v) is 17.4. The molecule has 0 aliphatic carbocycles. The first-order chi connectivity index (χ1) is 13.2. The van der Waals surface area contributed by atoms with Crippen LogP contribution in [-0.4, -0.2) is 32.9 Å². The molecule has 0 amide bonds. The smallest absolute Gasteiger partial charge is 0.208 e. The highest BCUT2D eigenvalue weighted by Crippen LogP contribution is 2.21. The average Bonchev–Trinajstić information content (AvgIpc) is 2.89. The number of benzene rings is 1. The highest BCUT2D eigenvalue weighted by molar-refractivity contribution is 7.88. The molecule has 6 nitrogen and oxygen atoms in total. The van der Waals surface area contributed by atoms with Gasteiger partial charge in [-0.3, -0.25) is 0 Å². The van der Waals surface area contributed by atoms with Gasteiger partial charge in [0.1, 0.15) is 11.8 Å². The van der Waals surface area contributed by atoms with Gasteiger partial charge in [-0.05, 0) is 30.5 Å². The molecule has 28 heavy (non-hydrogen) atoms. The first-order valence-corrected chi connectivity index (χ1v) is 10.6. The molecule has 0 spiro atoms. The summed E-state index contributed by atoms with van der Waals surface area (Å²) in [5, 5.41) is 11.1. The maximum Gasteiger partial charge on any atom is 0.208 e. The Morgan fingerprint density at radius 1 is 1.36 bits per heavy atom.